The number of nitro groups is 1. The predicted octanol–water partition coefficient (Wildman–Crippen LogP) is 3.47. The zero-order valence-corrected chi connectivity index (χ0v) is 19.5. The summed E-state index contributed by atoms with van der Waals surface area (Å²) in [6.45, 7) is 7.06. The molecule has 0 aliphatic carbocycles. The molecular formula is C24H27N5O5. The Hall–Kier alpha value is -3.95. The topological polar surface area (TPSA) is 118 Å². The number of barbiturate groups is 1. The Morgan fingerprint density at radius 1 is 1.09 bits per heavy atom. The van der Waals surface area contributed by atoms with Gasteiger partial charge in [0.05, 0.1) is 10.6 Å². The number of urea groups is 1. The van der Waals surface area contributed by atoms with Gasteiger partial charge < -0.3 is 9.47 Å². The van der Waals surface area contributed by atoms with Crippen molar-refractivity contribution in [1.82, 2.24) is 14.8 Å². The number of hydrogen-bond donors (Lipinski definition) is 1. The standard InChI is InChI=1S/C24H27N5O5/c1-4-27-23(31)19(22(30)25-24(27)32)13-17-12-15(2)28(16(17)3)18-8-9-20(21(14-18)29(33)34)26-10-6-5-7-11-26/h8-9,12-14H,4-7,10-11H2,1-3H3,(H,25,30,32)/b19-13+. The van der Waals surface area contributed by atoms with Crippen LogP contribution >= 0.6 is 0 Å². The summed E-state index contributed by atoms with van der Waals surface area (Å²) in [5.74, 6) is -1.39. The van der Waals surface area contributed by atoms with Crippen LogP contribution in [-0.4, -0.2) is 51.9 Å². The molecule has 1 aromatic heterocycles. The van der Waals surface area contributed by atoms with Gasteiger partial charge in [-0.25, -0.2) is 4.79 Å². The van der Waals surface area contributed by atoms with Crippen LogP contribution in [0.5, 0.6) is 0 Å². The molecule has 1 N–H and O–H groups in total. The normalized spacial score (nSPS) is 18.0. The van der Waals surface area contributed by atoms with Crippen molar-refractivity contribution in [3.05, 3.63) is 56.9 Å². The van der Waals surface area contributed by atoms with Crippen LogP contribution in [0.25, 0.3) is 11.8 Å². The molecule has 4 rings (SSSR count). The van der Waals surface area contributed by atoms with Crippen molar-refractivity contribution in [2.75, 3.05) is 24.5 Å². The third kappa shape index (κ3) is 4.07. The highest BCUT2D eigenvalue weighted by Gasteiger charge is 2.35. The number of hydrogen-bond acceptors (Lipinski definition) is 6. The molecule has 34 heavy (non-hydrogen) atoms. The van der Waals surface area contributed by atoms with Gasteiger partial charge in [0.2, 0.25) is 0 Å². The monoisotopic (exact) mass is 465 g/mol. The molecule has 0 atom stereocenters. The minimum absolute atomic E-state index is 0.0470. The van der Waals surface area contributed by atoms with Crippen LogP contribution < -0.4 is 10.2 Å². The molecule has 1 aromatic carbocycles. The fraction of sp³-hybridized carbons (Fsp3) is 0.375. The van der Waals surface area contributed by atoms with E-state index in [4.69, 9.17) is 0 Å². The van der Waals surface area contributed by atoms with Gasteiger partial charge >= 0.3 is 6.03 Å². The van der Waals surface area contributed by atoms with E-state index < -0.39 is 17.8 Å². The molecule has 0 saturated carbocycles. The molecule has 10 nitrogen and oxygen atoms in total. The van der Waals surface area contributed by atoms with Crippen LogP contribution in [0.1, 0.15) is 43.1 Å². The second-order valence-electron chi connectivity index (χ2n) is 8.51. The Labute approximate surface area is 197 Å². The Bertz CT molecular complexity index is 1220. The van der Waals surface area contributed by atoms with E-state index in [1.54, 1.807) is 25.1 Å². The van der Waals surface area contributed by atoms with E-state index in [0.29, 0.717) is 22.6 Å². The number of aromatic nitrogens is 1. The van der Waals surface area contributed by atoms with E-state index in [0.717, 1.165) is 42.9 Å². The zero-order valence-electron chi connectivity index (χ0n) is 19.5. The highest BCUT2D eigenvalue weighted by atomic mass is 16.6. The van der Waals surface area contributed by atoms with E-state index in [1.807, 2.05) is 24.5 Å². The maximum Gasteiger partial charge on any atom is 0.331 e. The molecule has 3 heterocycles. The van der Waals surface area contributed by atoms with E-state index in [2.05, 4.69) is 10.2 Å². The number of carbonyl (C=O) groups is 3. The number of rotatable bonds is 5. The summed E-state index contributed by atoms with van der Waals surface area (Å²) < 4.78 is 1.85. The number of carbonyl (C=O) groups excluding carboxylic acids is 3. The molecule has 4 amide bonds. The number of aryl methyl sites for hydroxylation is 1. The second-order valence-corrected chi connectivity index (χ2v) is 8.51. The van der Waals surface area contributed by atoms with Gasteiger partial charge in [0.15, 0.2) is 0 Å². The molecule has 10 heteroatoms. The largest absolute Gasteiger partial charge is 0.366 e. The van der Waals surface area contributed by atoms with Gasteiger partial charge in [0, 0.05) is 37.1 Å². The van der Waals surface area contributed by atoms with Crippen LogP contribution in [0.4, 0.5) is 16.2 Å². The number of nitro benzene ring substituents is 1. The predicted molar refractivity (Wildman–Crippen MR) is 127 cm³/mol. The van der Waals surface area contributed by atoms with Gasteiger partial charge in [-0.1, -0.05) is 0 Å². The lowest BCUT2D eigenvalue weighted by Crippen LogP contribution is -2.53. The third-order valence-corrected chi connectivity index (χ3v) is 6.38. The van der Waals surface area contributed by atoms with Crippen LogP contribution in [0.3, 0.4) is 0 Å². The van der Waals surface area contributed by atoms with Crippen molar-refractivity contribution in [1.29, 1.82) is 0 Å². The molecule has 0 unspecified atom stereocenters. The summed E-state index contributed by atoms with van der Waals surface area (Å²) in [5.41, 5.74) is 3.27. The summed E-state index contributed by atoms with van der Waals surface area (Å²) in [6, 6.07) is 6.28. The van der Waals surface area contributed by atoms with Crippen molar-refractivity contribution < 1.29 is 19.3 Å². The van der Waals surface area contributed by atoms with Crippen molar-refractivity contribution in [2.45, 2.75) is 40.0 Å². The Kier molecular flexibility index (Phi) is 6.23. The first-order valence-electron chi connectivity index (χ1n) is 11.3. The number of nitrogens with one attached hydrogen (secondary N) is 1. The highest BCUT2D eigenvalue weighted by molar-refractivity contribution is 6.31. The van der Waals surface area contributed by atoms with E-state index in [9.17, 15) is 24.5 Å². The van der Waals surface area contributed by atoms with Gasteiger partial charge in [0.25, 0.3) is 17.5 Å². The van der Waals surface area contributed by atoms with Gasteiger partial charge in [-0.05, 0) is 69.9 Å². The average Bonchev–Trinajstić information content (AvgIpc) is 3.09. The Balaban J connectivity index is 1.74. The lowest BCUT2D eigenvalue weighted by molar-refractivity contribution is -0.384. The second kappa shape index (κ2) is 9.12. The minimum Gasteiger partial charge on any atom is -0.366 e. The number of imide groups is 2. The third-order valence-electron chi connectivity index (χ3n) is 6.38. The molecule has 2 aliphatic rings. The van der Waals surface area contributed by atoms with E-state index in [-0.39, 0.29) is 22.7 Å². The van der Waals surface area contributed by atoms with Gasteiger partial charge in [-0.2, -0.15) is 0 Å². The Morgan fingerprint density at radius 3 is 2.44 bits per heavy atom. The first kappa shape index (κ1) is 23.2. The molecule has 178 valence electrons. The first-order chi connectivity index (χ1) is 16.2. The van der Waals surface area contributed by atoms with Crippen LogP contribution in [0.15, 0.2) is 29.8 Å². The average molecular weight is 466 g/mol. The van der Waals surface area contributed by atoms with Crippen LogP contribution in [0, 0.1) is 24.0 Å². The molecule has 2 aliphatic heterocycles. The van der Waals surface area contributed by atoms with Crippen LogP contribution in [0.2, 0.25) is 0 Å². The van der Waals surface area contributed by atoms with Crippen molar-refractivity contribution in [2.24, 2.45) is 0 Å². The molecular weight excluding hydrogens is 438 g/mol. The zero-order chi connectivity index (χ0) is 24.6. The Morgan fingerprint density at radius 2 is 1.79 bits per heavy atom. The fourth-order valence-corrected chi connectivity index (χ4v) is 4.67. The van der Waals surface area contributed by atoms with Gasteiger partial charge in [-0.15, -0.1) is 0 Å². The summed E-state index contributed by atoms with van der Waals surface area (Å²) in [4.78, 5) is 51.4. The maximum atomic E-state index is 12.7. The quantitative estimate of drug-likeness (QED) is 0.313. The number of anilines is 1. The lowest BCUT2D eigenvalue weighted by atomic mass is 10.1. The SMILES string of the molecule is CCN1C(=O)NC(=O)/C(=C\c2cc(C)n(-c3ccc(N4CCCCC4)c([N+](=O)[O-])c3)c2C)C1=O. The van der Waals surface area contributed by atoms with E-state index in [1.165, 1.54) is 6.08 Å². The molecule has 0 bridgehead atoms. The van der Waals surface area contributed by atoms with Crippen molar-refractivity contribution in [3.63, 3.8) is 0 Å². The summed E-state index contributed by atoms with van der Waals surface area (Å²) in [7, 11) is 0. The van der Waals surface area contributed by atoms with Crippen LogP contribution in [-0.2, 0) is 9.59 Å². The number of benzene rings is 1. The maximum absolute atomic E-state index is 12.7. The number of likely N-dealkylation sites (N-methyl/N-ethyl adjacent to an activating group) is 1. The van der Waals surface area contributed by atoms with Crippen molar-refractivity contribution in [3.8, 4) is 5.69 Å². The minimum atomic E-state index is -0.744. The molecule has 2 saturated heterocycles. The van der Waals surface area contributed by atoms with Crippen molar-refractivity contribution >= 4 is 35.3 Å². The summed E-state index contributed by atoms with van der Waals surface area (Å²) in [5, 5.41) is 14.1. The molecule has 0 spiro atoms. The number of piperidine rings is 1. The van der Waals surface area contributed by atoms with Gasteiger partial charge in [-0.3, -0.25) is 29.9 Å². The lowest BCUT2D eigenvalue weighted by Gasteiger charge is -2.28. The summed E-state index contributed by atoms with van der Waals surface area (Å²) in [6.07, 6.45) is 4.62. The fourth-order valence-electron chi connectivity index (χ4n) is 4.67. The summed E-state index contributed by atoms with van der Waals surface area (Å²) >= 11 is 0. The smallest absolute Gasteiger partial charge is 0.331 e. The highest BCUT2D eigenvalue weighted by Crippen LogP contribution is 2.34. The molecule has 2 aromatic rings. The van der Waals surface area contributed by atoms with Gasteiger partial charge in [0.1, 0.15) is 11.3 Å². The number of amides is 4. The first-order valence-corrected chi connectivity index (χ1v) is 11.3. The number of nitrogens with zero attached hydrogens (tertiary/aromatic N) is 4. The van der Waals surface area contributed by atoms with E-state index >= 15 is 0 Å². The molecule has 0 radical (unpaired) electrons. The molecule has 2 fully saturated rings.